The van der Waals surface area contributed by atoms with E-state index in [4.69, 9.17) is 5.73 Å². The van der Waals surface area contributed by atoms with Crippen LogP contribution in [-0.2, 0) is 4.79 Å². The van der Waals surface area contributed by atoms with Crippen molar-refractivity contribution >= 4 is 24.0 Å². The van der Waals surface area contributed by atoms with Crippen molar-refractivity contribution in [1.82, 2.24) is 5.43 Å². The summed E-state index contributed by atoms with van der Waals surface area (Å²) in [5, 5.41) is 0. The van der Waals surface area contributed by atoms with E-state index in [-0.39, 0.29) is 24.1 Å². The molecule has 1 aromatic rings. The molecular formula is C9H13ClFN3O. The largest absolute Gasteiger partial charge is 0.320 e. The quantitative estimate of drug-likeness (QED) is 0.684. The van der Waals surface area contributed by atoms with Crippen molar-refractivity contribution < 1.29 is 9.18 Å². The molecule has 0 spiro atoms. The Kier molecular flexibility index (Phi) is 5.66. The molecule has 15 heavy (non-hydrogen) atoms. The van der Waals surface area contributed by atoms with E-state index in [1.165, 1.54) is 24.3 Å². The molecule has 0 aliphatic heterocycles. The molecule has 1 rings (SSSR count). The summed E-state index contributed by atoms with van der Waals surface area (Å²) in [4.78, 5) is 11.0. The Morgan fingerprint density at radius 2 is 1.93 bits per heavy atom. The van der Waals surface area contributed by atoms with Crippen molar-refractivity contribution in [3.63, 3.8) is 0 Å². The highest BCUT2D eigenvalue weighted by atomic mass is 35.5. The molecule has 4 N–H and O–H groups in total. The van der Waals surface area contributed by atoms with Gasteiger partial charge in [0, 0.05) is 0 Å². The molecule has 0 heterocycles. The van der Waals surface area contributed by atoms with Crippen molar-refractivity contribution in [1.29, 1.82) is 0 Å². The van der Waals surface area contributed by atoms with Gasteiger partial charge in [0.05, 0.1) is 11.7 Å². The minimum absolute atomic E-state index is 0. The van der Waals surface area contributed by atoms with Gasteiger partial charge in [0.2, 0.25) is 0 Å². The van der Waals surface area contributed by atoms with Gasteiger partial charge >= 0.3 is 0 Å². The SMILES string of the molecule is C[C@H](N)C(=O)NNc1ccc(F)cc1.Cl. The Bertz CT molecular complexity index is 316. The summed E-state index contributed by atoms with van der Waals surface area (Å²) in [6, 6.07) is 5.02. The monoisotopic (exact) mass is 233 g/mol. The van der Waals surface area contributed by atoms with Gasteiger partial charge in [-0.15, -0.1) is 12.4 Å². The van der Waals surface area contributed by atoms with Crippen molar-refractivity contribution in [2.24, 2.45) is 5.73 Å². The third-order valence-electron chi connectivity index (χ3n) is 1.59. The third-order valence-corrected chi connectivity index (χ3v) is 1.59. The molecule has 0 aromatic heterocycles. The fraction of sp³-hybridized carbons (Fsp3) is 0.222. The highest BCUT2D eigenvalue weighted by Gasteiger charge is 2.05. The topological polar surface area (TPSA) is 67.2 Å². The number of hydrogen-bond donors (Lipinski definition) is 3. The lowest BCUT2D eigenvalue weighted by molar-refractivity contribution is -0.121. The number of halogens is 2. The van der Waals surface area contributed by atoms with Gasteiger partial charge in [-0.3, -0.25) is 15.6 Å². The maximum absolute atomic E-state index is 12.5. The van der Waals surface area contributed by atoms with Gasteiger partial charge in [-0.25, -0.2) is 4.39 Å². The van der Waals surface area contributed by atoms with Crippen LogP contribution < -0.4 is 16.6 Å². The van der Waals surface area contributed by atoms with Crippen LogP contribution in [0.2, 0.25) is 0 Å². The number of benzene rings is 1. The van der Waals surface area contributed by atoms with Gasteiger partial charge in [-0.05, 0) is 31.2 Å². The summed E-state index contributed by atoms with van der Waals surface area (Å²) in [5.41, 5.74) is 10.9. The fourth-order valence-electron chi connectivity index (χ4n) is 0.781. The summed E-state index contributed by atoms with van der Waals surface area (Å²) in [5.74, 6) is -0.650. The summed E-state index contributed by atoms with van der Waals surface area (Å²) < 4.78 is 12.5. The number of hydrogen-bond acceptors (Lipinski definition) is 3. The third kappa shape index (κ3) is 4.62. The number of nitrogens with two attached hydrogens (primary N) is 1. The number of carbonyl (C=O) groups is 1. The molecule has 0 bridgehead atoms. The first-order valence-electron chi connectivity index (χ1n) is 4.16. The van der Waals surface area contributed by atoms with Crippen molar-refractivity contribution in [3.8, 4) is 0 Å². The Hall–Kier alpha value is -1.33. The van der Waals surface area contributed by atoms with E-state index in [0.717, 1.165) is 0 Å². The first-order valence-corrected chi connectivity index (χ1v) is 4.16. The Balaban J connectivity index is 0.00000196. The molecule has 1 aromatic carbocycles. The minimum atomic E-state index is -0.581. The van der Waals surface area contributed by atoms with Crippen LogP contribution in [0.1, 0.15) is 6.92 Å². The molecule has 0 saturated heterocycles. The average molecular weight is 234 g/mol. The highest BCUT2D eigenvalue weighted by Crippen LogP contribution is 2.06. The second-order valence-corrected chi connectivity index (χ2v) is 2.91. The maximum Gasteiger partial charge on any atom is 0.254 e. The molecule has 0 radical (unpaired) electrons. The smallest absolute Gasteiger partial charge is 0.254 e. The molecule has 0 aliphatic rings. The number of nitrogens with one attached hydrogen (secondary N) is 2. The molecule has 6 heteroatoms. The number of amides is 1. The molecule has 1 atom stereocenters. The first-order chi connectivity index (χ1) is 6.59. The maximum atomic E-state index is 12.5. The Morgan fingerprint density at radius 1 is 1.40 bits per heavy atom. The number of rotatable bonds is 3. The van der Waals surface area contributed by atoms with Crippen LogP contribution in [-0.4, -0.2) is 11.9 Å². The Morgan fingerprint density at radius 3 is 2.40 bits per heavy atom. The standard InChI is InChI=1S/C9H12FN3O.ClH/c1-6(11)9(14)13-12-8-4-2-7(10)3-5-8;/h2-6,12H,11H2,1H3,(H,13,14);1H/t6-;/m0./s1. The van der Waals surface area contributed by atoms with Crippen LogP contribution in [0.25, 0.3) is 0 Å². The van der Waals surface area contributed by atoms with Gasteiger partial charge in [0.25, 0.3) is 5.91 Å². The van der Waals surface area contributed by atoms with Gasteiger partial charge in [-0.2, -0.15) is 0 Å². The molecule has 0 fully saturated rings. The lowest BCUT2D eigenvalue weighted by atomic mass is 10.3. The highest BCUT2D eigenvalue weighted by molar-refractivity contribution is 5.85. The van der Waals surface area contributed by atoms with E-state index < -0.39 is 6.04 Å². The zero-order valence-electron chi connectivity index (χ0n) is 8.16. The van der Waals surface area contributed by atoms with Gasteiger partial charge in [0.15, 0.2) is 0 Å². The second kappa shape index (κ2) is 6.21. The van der Waals surface area contributed by atoms with Gasteiger partial charge in [0.1, 0.15) is 5.82 Å². The van der Waals surface area contributed by atoms with Crippen LogP contribution in [0.15, 0.2) is 24.3 Å². The molecule has 1 amide bonds. The van der Waals surface area contributed by atoms with Gasteiger partial charge in [-0.1, -0.05) is 0 Å². The number of hydrazine groups is 1. The Labute approximate surface area is 93.4 Å². The van der Waals surface area contributed by atoms with E-state index in [1.807, 2.05) is 0 Å². The normalized spacial score (nSPS) is 11.1. The summed E-state index contributed by atoms with van der Waals surface area (Å²) in [7, 11) is 0. The van der Waals surface area contributed by atoms with Crippen molar-refractivity contribution in [2.45, 2.75) is 13.0 Å². The zero-order chi connectivity index (χ0) is 10.6. The molecule has 84 valence electrons. The molecule has 4 nitrogen and oxygen atoms in total. The molecule has 0 saturated carbocycles. The van der Waals surface area contributed by atoms with Crippen molar-refractivity contribution in [3.05, 3.63) is 30.1 Å². The fourth-order valence-corrected chi connectivity index (χ4v) is 0.781. The van der Waals surface area contributed by atoms with Crippen LogP contribution >= 0.6 is 12.4 Å². The van der Waals surface area contributed by atoms with Crippen LogP contribution in [0.5, 0.6) is 0 Å². The summed E-state index contributed by atoms with van der Waals surface area (Å²) in [6.07, 6.45) is 0. The van der Waals surface area contributed by atoms with Crippen LogP contribution in [0, 0.1) is 5.82 Å². The van der Waals surface area contributed by atoms with E-state index >= 15 is 0 Å². The summed E-state index contributed by atoms with van der Waals surface area (Å²) in [6.45, 7) is 1.57. The zero-order valence-corrected chi connectivity index (χ0v) is 8.98. The summed E-state index contributed by atoms with van der Waals surface area (Å²) >= 11 is 0. The van der Waals surface area contributed by atoms with E-state index in [0.29, 0.717) is 5.69 Å². The lowest BCUT2D eigenvalue weighted by Crippen LogP contribution is -2.41. The lowest BCUT2D eigenvalue weighted by Gasteiger charge is -2.09. The second-order valence-electron chi connectivity index (χ2n) is 2.91. The number of anilines is 1. The average Bonchev–Trinajstić information content (AvgIpc) is 2.16. The molecule has 0 unspecified atom stereocenters. The first kappa shape index (κ1) is 13.7. The van der Waals surface area contributed by atoms with E-state index in [9.17, 15) is 9.18 Å². The van der Waals surface area contributed by atoms with Crippen LogP contribution in [0.4, 0.5) is 10.1 Å². The van der Waals surface area contributed by atoms with Crippen molar-refractivity contribution in [2.75, 3.05) is 5.43 Å². The van der Waals surface area contributed by atoms with Crippen LogP contribution in [0.3, 0.4) is 0 Å². The predicted molar refractivity (Wildman–Crippen MR) is 59.1 cm³/mol. The van der Waals surface area contributed by atoms with Gasteiger partial charge < -0.3 is 5.73 Å². The van der Waals surface area contributed by atoms with E-state index in [2.05, 4.69) is 10.9 Å². The predicted octanol–water partition coefficient (Wildman–Crippen LogP) is 1.04. The molecule has 0 aliphatic carbocycles. The van der Waals surface area contributed by atoms with E-state index in [1.54, 1.807) is 6.92 Å². The number of carbonyl (C=O) groups excluding carboxylic acids is 1. The minimum Gasteiger partial charge on any atom is -0.320 e. The molecular weight excluding hydrogens is 221 g/mol.